The van der Waals surface area contributed by atoms with Crippen LogP contribution < -0.4 is 5.32 Å². The Morgan fingerprint density at radius 1 is 1.15 bits per heavy atom. The van der Waals surface area contributed by atoms with Crippen molar-refractivity contribution >= 4 is 12.0 Å². The molecule has 1 aromatic heterocycles. The quantitative estimate of drug-likeness (QED) is 0.666. The van der Waals surface area contributed by atoms with E-state index in [-0.39, 0.29) is 47.6 Å². The maximum absolute atomic E-state index is 12.7. The van der Waals surface area contributed by atoms with Crippen molar-refractivity contribution in [2.24, 2.45) is 5.92 Å². The molecule has 6 aliphatic rings. The van der Waals surface area contributed by atoms with Gasteiger partial charge in [0.2, 0.25) is 17.7 Å². The summed E-state index contributed by atoms with van der Waals surface area (Å²) in [5.74, 6) is 0.470. The summed E-state index contributed by atoms with van der Waals surface area (Å²) in [6.45, 7) is 0.684. The van der Waals surface area contributed by atoms with E-state index in [1.165, 1.54) is 4.90 Å². The number of rotatable bonds is 5. The summed E-state index contributed by atoms with van der Waals surface area (Å²) in [6.07, 6.45) is -4.37. The van der Waals surface area contributed by atoms with Gasteiger partial charge in [0.1, 0.15) is 6.10 Å². The monoisotopic (exact) mass is 472 g/mol. The minimum atomic E-state index is -4.64. The number of carbonyl (C=O) groups excluding carboxylic acids is 1. The lowest BCUT2D eigenvalue weighted by molar-refractivity contribution is -0.352. The zero-order valence-electron chi connectivity index (χ0n) is 17.5. The van der Waals surface area contributed by atoms with Gasteiger partial charge in [-0.15, -0.1) is 23.4 Å². The number of hydrogen-bond acceptors (Lipinski definition) is 7. The topological polar surface area (TPSA) is 127 Å². The zero-order chi connectivity index (χ0) is 23.2. The Labute approximate surface area is 185 Å². The first-order valence-electron chi connectivity index (χ1n) is 11.1. The number of alkyl halides is 3. The number of ether oxygens (including phenoxy) is 2. The van der Waals surface area contributed by atoms with E-state index in [0.717, 1.165) is 0 Å². The van der Waals surface area contributed by atoms with Crippen LogP contribution in [0.4, 0.5) is 18.0 Å². The fraction of sp³-hybridized carbons (Fsp3) is 0.800. The molecule has 0 radical (unpaired) electrons. The molecule has 2 aliphatic heterocycles. The van der Waals surface area contributed by atoms with E-state index in [0.29, 0.717) is 50.6 Å². The lowest BCUT2D eigenvalue weighted by Gasteiger charge is -2.68. The maximum Gasteiger partial charge on any atom is 0.522 e. The van der Waals surface area contributed by atoms with Gasteiger partial charge >= 0.3 is 12.5 Å². The smallest absolute Gasteiger partial charge is 0.465 e. The Morgan fingerprint density at radius 3 is 2.52 bits per heavy atom. The molecular formula is C20H23F3N4O6. The van der Waals surface area contributed by atoms with Crippen molar-refractivity contribution in [3.8, 4) is 0 Å². The molecule has 3 unspecified atom stereocenters. The minimum absolute atomic E-state index is 0.0423. The molecule has 2 saturated heterocycles. The van der Waals surface area contributed by atoms with Gasteiger partial charge in [0.05, 0.1) is 24.2 Å². The van der Waals surface area contributed by atoms with Gasteiger partial charge in [-0.25, -0.2) is 4.79 Å². The second kappa shape index (κ2) is 6.81. The number of carbonyl (C=O) groups is 2. The molecule has 1 aromatic rings. The molecule has 7 rings (SSSR count). The largest absolute Gasteiger partial charge is 0.522 e. The molecule has 2 bridgehead atoms. The number of likely N-dealkylation sites (tertiary alicyclic amines) is 1. The highest BCUT2D eigenvalue weighted by Crippen LogP contribution is 2.67. The molecule has 2 amide bonds. The van der Waals surface area contributed by atoms with Crippen LogP contribution in [-0.4, -0.2) is 75.5 Å². The predicted octanol–water partition coefficient (Wildman–Crippen LogP) is 1.91. The van der Waals surface area contributed by atoms with Gasteiger partial charge in [0.25, 0.3) is 0 Å². The number of amides is 2. The molecular weight excluding hydrogens is 449 g/mol. The highest BCUT2D eigenvalue weighted by Gasteiger charge is 2.72. The van der Waals surface area contributed by atoms with Crippen molar-refractivity contribution in [1.82, 2.24) is 20.4 Å². The van der Waals surface area contributed by atoms with Gasteiger partial charge in [-0.3, -0.25) is 9.53 Å². The Morgan fingerprint density at radius 2 is 1.88 bits per heavy atom. The molecule has 4 aliphatic carbocycles. The normalized spacial score (nSPS) is 41.1. The van der Waals surface area contributed by atoms with Crippen LogP contribution in [0.5, 0.6) is 0 Å². The third kappa shape index (κ3) is 3.47. The number of carboxylic acid groups (broad SMARTS) is 1. The van der Waals surface area contributed by atoms with Crippen LogP contribution in [0.1, 0.15) is 56.2 Å². The molecule has 3 atom stereocenters. The minimum Gasteiger partial charge on any atom is -0.465 e. The van der Waals surface area contributed by atoms with Gasteiger partial charge in [-0.05, 0) is 38.5 Å². The van der Waals surface area contributed by atoms with Crippen molar-refractivity contribution < 1.29 is 41.8 Å². The summed E-state index contributed by atoms with van der Waals surface area (Å²) in [4.78, 5) is 25.1. The molecule has 0 aromatic carbocycles. The van der Waals surface area contributed by atoms with Crippen molar-refractivity contribution in [3.63, 3.8) is 0 Å². The molecule has 180 valence electrons. The van der Waals surface area contributed by atoms with Gasteiger partial charge < -0.3 is 24.5 Å². The van der Waals surface area contributed by atoms with E-state index in [9.17, 15) is 22.8 Å². The third-order valence-corrected chi connectivity index (χ3v) is 7.86. The second-order valence-electron chi connectivity index (χ2n) is 10.2. The number of nitrogens with one attached hydrogen (secondary N) is 1. The van der Waals surface area contributed by atoms with Crippen molar-refractivity contribution in [2.45, 2.75) is 80.1 Å². The van der Waals surface area contributed by atoms with E-state index >= 15 is 0 Å². The Bertz CT molecular complexity index is 959. The number of aromatic nitrogens is 2. The van der Waals surface area contributed by atoms with E-state index in [1.54, 1.807) is 0 Å². The summed E-state index contributed by atoms with van der Waals surface area (Å²) in [6, 6.07) is 0. The van der Waals surface area contributed by atoms with Crippen molar-refractivity contribution in [1.29, 1.82) is 0 Å². The fourth-order valence-electron chi connectivity index (χ4n) is 6.24. The average molecular weight is 472 g/mol. The van der Waals surface area contributed by atoms with Crippen LogP contribution >= 0.6 is 0 Å². The zero-order valence-corrected chi connectivity index (χ0v) is 17.5. The van der Waals surface area contributed by atoms with Gasteiger partial charge in [0.15, 0.2) is 0 Å². The fourth-order valence-corrected chi connectivity index (χ4v) is 6.24. The average Bonchev–Trinajstić information content (AvgIpc) is 3.32. The summed E-state index contributed by atoms with van der Waals surface area (Å²) in [5.41, 5.74) is -0.596. The lowest BCUT2D eigenvalue weighted by Crippen LogP contribution is -2.77. The summed E-state index contributed by atoms with van der Waals surface area (Å²) >= 11 is 0. The summed E-state index contributed by atoms with van der Waals surface area (Å²) < 4.78 is 52.4. The highest BCUT2D eigenvalue weighted by atomic mass is 19.4. The molecule has 0 spiro atoms. The van der Waals surface area contributed by atoms with Gasteiger partial charge in [-0.2, -0.15) is 0 Å². The van der Waals surface area contributed by atoms with Gasteiger partial charge in [-0.1, -0.05) is 0 Å². The van der Waals surface area contributed by atoms with Crippen LogP contribution in [-0.2, 0) is 19.7 Å². The predicted molar refractivity (Wildman–Crippen MR) is 100.0 cm³/mol. The van der Waals surface area contributed by atoms with Crippen LogP contribution in [0.15, 0.2) is 4.42 Å². The Balaban J connectivity index is 0.984. The maximum atomic E-state index is 12.7. The number of nitrogens with zero attached hydrogens (tertiary/aromatic N) is 3. The van der Waals surface area contributed by atoms with E-state index in [4.69, 9.17) is 14.3 Å². The molecule has 10 nitrogen and oxygen atoms in total. The first-order valence-corrected chi connectivity index (χ1v) is 11.1. The Kier molecular flexibility index (Phi) is 4.36. The number of fused-ring (bicyclic) bond motifs is 1. The molecule has 33 heavy (non-hydrogen) atoms. The summed E-state index contributed by atoms with van der Waals surface area (Å²) in [5, 5.41) is 20.3. The highest BCUT2D eigenvalue weighted by molar-refractivity contribution is 5.82. The van der Waals surface area contributed by atoms with Crippen LogP contribution in [0, 0.1) is 5.92 Å². The first-order chi connectivity index (χ1) is 15.5. The Hall–Kier alpha value is -2.41. The van der Waals surface area contributed by atoms with Crippen LogP contribution in [0.2, 0.25) is 0 Å². The molecule has 6 fully saturated rings. The number of halogens is 3. The van der Waals surface area contributed by atoms with Crippen LogP contribution in [0.25, 0.3) is 0 Å². The summed E-state index contributed by atoms with van der Waals surface area (Å²) in [7, 11) is 0. The van der Waals surface area contributed by atoms with E-state index in [1.807, 2.05) is 0 Å². The standard InChI is InChI=1S/C20H23F3N4O6/c21-20(22,23)33-11-1-9(2-11)15-25-26-16(32-15)18-6-19(7-18,8-18)24-14(28)12-3-10-4-27(17(29)30)5-13(10)31-12/h9-13H,1-8H2,(H,24,28)(H,29,30). The molecule has 3 heterocycles. The third-order valence-electron chi connectivity index (χ3n) is 7.86. The molecule has 2 N–H and O–H groups in total. The number of hydrogen-bond donors (Lipinski definition) is 2. The molecule has 4 saturated carbocycles. The van der Waals surface area contributed by atoms with Crippen molar-refractivity contribution in [2.75, 3.05) is 13.1 Å². The molecule has 13 heteroatoms. The first kappa shape index (κ1) is 21.1. The van der Waals surface area contributed by atoms with E-state index in [2.05, 4.69) is 20.3 Å². The van der Waals surface area contributed by atoms with Crippen molar-refractivity contribution in [3.05, 3.63) is 11.8 Å². The second-order valence-corrected chi connectivity index (χ2v) is 10.2. The lowest BCUT2D eigenvalue weighted by atomic mass is 9.39. The van der Waals surface area contributed by atoms with Gasteiger partial charge in [0, 0.05) is 23.9 Å². The SMILES string of the molecule is O=C(NC12CC(c3nnc(C4CC(OC(F)(F)F)C4)o3)(C1)C2)C1CC2CN(C(=O)O)CC2O1. The van der Waals surface area contributed by atoms with Crippen LogP contribution in [0.3, 0.4) is 0 Å². The van der Waals surface area contributed by atoms with E-state index < -0.39 is 24.7 Å².